The van der Waals surface area contributed by atoms with E-state index in [-0.39, 0.29) is 5.65 Å². The molecule has 0 saturated carbocycles. The van der Waals surface area contributed by atoms with Gasteiger partial charge in [0.1, 0.15) is 5.82 Å². The topological polar surface area (TPSA) is 68.2 Å². The summed E-state index contributed by atoms with van der Waals surface area (Å²) < 4.78 is 39.8. The fraction of sp³-hybridized carbons (Fsp3) is 0.538. The molecule has 0 radical (unpaired) electrons. The minimum atomic E-state index is -4.47. The molecule has 3 N–H and O–H groups in total. The predicted molar refractivity (Wildman–Crippen MR) is 72.2 cm³/mol. The van der Waals surface area contributed by atoms with Crippen molar-refractivity contribution in [2.75, 3.05) is 18.4 Å². The van der Waals surface area contributed by atoms with Gasteiger partial charge in [-0.25, -0.2) is 4.98 Å². The lowest BCUT2D eigenvalue weighted by Crippen LogP contribution is -2.20. The van der Waals surface area contributed by atoms with Crippen molar-refractivity contribution in [3.05, 3.63) is 23.0 Å². The Morgan fingerprint density at radius 3 is 2.76 bits per heavy atom. The van der Waals surface area contributed by atoms with Crippen molar-refractivity contribution in [3.63, 3.8) is 0 Å². The third-order valence-electron chi connectivity index (χ3n) is 3.60. The van der Waals surface area contributed by atoms with Crippen LogP contribution < -0.4 is 11.1 Å². The maximum Gasteiger partial charge on any atom is 0.435 e. The van der Waals surface area contributed by atoms with Gasteiger partial charge in [-0.3, -0.25) is 0 Å². The Labute approximate surface area is 119 Å². The first kappa shape index (κ1) is 14.1. The van der Waals surface area contributed by atoms with E-state index in [0.717, 1.165) is 43.0 Å². The maximum atomic E-state index is 12.8. The number of aromatic nitrogens is 3. The van der Waals surface area contributed by atoms with Crippen molar-refractivity contribution < 1.29 is 13.2 Å². The van der Waals surface area contributed by atoms with Crippen LogP contribution in [-0.2, 0) is 19.0 Å². The number of hydrogen-bond acceptors (Lipinski definition) is 4. The number of halogens is 3. The highest BCUT2D eigenvalue weighted by molar-refractivity contribution is 5.57. The number of nitrogens with two attached hydrogens (primary N) is 1. The van der Waals surface area contributed by atoms with Crippen molar-refractivity contribution in [2.45, 2.75) is 31.9 Å². The zero-order chi connectivity index (χ0) is 15.0. The van der Waals surface area contributed by atoms with Crippen LogP contribution in [0.25, 0.3) is 5.65 Å². The average molecular weight is 299 g/mol. The predicted octanol–water partition coefficient (Wildman–Crippen LogP) is 2.00. The molecule has 114 valence electrons. The molecule has 21 heavy (non-hydrogen) atoms. The van der Waals surface area contributed by atoms with Crippen molar-refractivity contribution in [1.82, 2.24) is 14.6 Å². The number of nitrogens with one attached hydrogen (secondary N) is 1. The normalized spacial score (nSPS) is 15.2. The lowest BCUT2D eigenvalue weighted by molar-refractivity contribution is -0.141. The highest BCUT2D eigenvalue weighted by atomic mass is 19.4. The Balaban J connectivity index is 2.18. The second-order valence-electron chi connectivity index (χ2n) is 5.11. The largest absolute Gasteiger partial charge is 0.435 e. The molecule has 3 rings (SSSR count). The number of hydrogen-bond donors (Lipinski definition) is 2. The van der Waals surface area contributed by atoms with Crippen LogP contribution in [0.5, 0.6) is 0 Å². The Hall–Kier alpha value is -1.83. The van der Waals surface area contributed by atoms with Gasteiger partial charge in [0.15, 0.2) is 11.3 Å². The monoisotopic (exact) mass is 299 g/mol. The minimum absolute atomic E-state index is 0.225. The molecule has 2 aromatic heterocycles. The zero-order valence-electron chi connectivity index (χ0n) is 11.4. The summed E-state index contributed by atoms with van der Waals surface area (Å²) in [4.78, 5) is 4.35. The Kier molecular flexibility index (Phi) is 3.48. The lowest BCUT2D eigenvalue weighted by Gasteiger charge is -2.20. The van der Waals surface area contributed by atoms with Gasteiger partial charge in [0.25, 0.3) is 0 Å². The molecule has 0 saturated heterocycles. The van der Waals surface area contributed by atoms with Crippen molar-refractivity contribution in [2.24, 2.45) is 5.73 Å². The van der Waals surface area contributed by atoms with Gasteiger partial charge in [-0.15, -0.1) is 0 Å². The van der Waals surface area contributed by atoms with Crippen LogP contribution in [-0.4, -0.2) is 27.7 Å². The van der Waals surface area contributed by atoms with Gasteiger partial charge in [-0.2, -0.15) is 22.8 Å². The summed E-state index contributed by atoms with van der Waals surface area (Å²) in [6.07, 6.45) is -0.876. The third kappa shape index (κ3) is 2.55. The summed E-state index contributed by atoms with van der Waals surface area (Å²) in [7, 11) is 0. The van der Waals surface area contributed by atoms with E-state index < -0.39 is 11.9 Å². The molecule has 0 atom stereocenters. The summed E-state index contributed by atoms with van der Waals surface area (Å²) >= 11 is 0. The molecule has 1 aliphatic rings. The van der Waals surface area contributed by atoms with Crippen LogP contribution in [0.4, 0.5) is 19.0 Å². The highest BCUT2D eigenvalue weighted by Gasteiger charge is 2.35. The van der Waals surface area contributed by atoms with Crippen LogP contribution in [0.15, 0.2) is 6.07 Å². The lowest BCUT2D eigenvalue weighted by atomic mass is 9.96. The molecule has 0 fully saturated rings. The van der Waals surface area contributed by atoms with Crippen molar-refractivity contribution in [1.29, 1.82) is 0 Å². The molecule has 0 aliphatic heterocycles. The van der Waals surface area contributed by atoms with Gasteiger partial charge in [-0.1, -0.05) is 0 Å². The summed E-state index contributed by atoms with van der Waals surface area (Å²) in [5, 5.41) is 6.77. The maximum absolute atomic E-state index is 12.8. The van der Waals surface area contributed by atoms with Crippen LogP contribution in [0.1, 0.15) is 29.8 Å². The summed E-state index contributed by atoms with van der Waals surface area (Å²) in [6, 6.07) is 0.989. The smallest absolute Gasteiger partial charge is 0.368 e. The van der Waals surface area contributed by atoms with Gasteiger partial charge < -0.3 is 11.1 Å². The molecule has 0 aromatic carbocycles. The van der Waals surface area contributed by atoms with Crippen LogP contribution >= 0.6 is 0 Å². The van der Waals surface area contributed by atoms with E-state index in [0.29, 0.717) is 18.9 Å². The molecule has 0 spiro atoms. The number of aryl methyl sites for hydroxylation is 1. The van der Waals surface area contributed by atoms with Crippen molar-refractivity contribution >= 4 is 11.5 Å². The van der Waals surface area contributed by atoms with Gasteiger partial charge in [0, 0.05) is 30.4 Å². The number of rotatable bonds is 3. The quantitative estimate of drug-likeness (QED) is 0.909. The highest BCUT2D eigenvalue weighted by Crippen LogP contribution is 2.32. The Morgan fingerprint density at radius 1 is 1.29 bits per heavy atom. The number of fused-ring (bicyclic) bond motifs is 2. The molecule has 2 aromatic rings. The van der Waals surface area contributed by atoms with Crippen LogP contribution in [0.3, 0.4) is 0 Å². The molecular weight excluding hydrogens is 283 g/mol. The third-order valence-corrected chi connectivity index (χ3v) is 3.60. The van der Waals surface area contributed by atoms with E-state index in [1.165, 1.54) is 4.52 Å². The zero-order valence-corrected chi connectivity index (χ0v) is 11.4. The second kappa shape index (κ2) is 5.18. The molecule has 0 unspecified atom stereocenters. The molecule has 0 bridgehead atoms. The molecule has 0 amide bonds. The summed E-state index contributed by atoms with van der Waals surface area (Å²) in [5.74, 6) is 0.593. The van der Waals surface area contributed by atoms with E-state index in [1.807, 2.05) is 0 Å². The first-order chi connectivity index (χ1) is 10.0. The first-order valence-corrected chi connectivity index (χ1v) is 6.93. The van der Waals surface area contributed by atoms with Gasteiger partial charge in [0.05, 0.1) is 0 Å². The van der Waals surface area contributed by atoms with Gasteiger partial charge in [-0.05, 0) is 25.7 Å². The fourth-order valence-electron chi connectivity index (χ4n) is 2.66. The second-order valence-corrected chi connectivity index (χ2v) is 5.11. The molecule has 2 heterocycles. The van der Waals surface area contributed by atoms with E-state index in [9.17, 15) is 13.2 Å². The van der Waals surface area contributed by atoms with E-state index in [4.69, 9.17) is 5.73 Å². The van der Waals surface area contributed by atoms with Crippen LogP contribution in [0, 0.1) is 0 Å². The van der Waals surface area contributed by atoms with Gasteiger partial charge >= 0.3 is 6.18 Å². The van der Waals surface area contributed by atoms with E-state index >= 15 is 0 Å². The average Bonchev–Trinajstić information content (AvgIpc) is 2.87. The van der Waals surface area contributed by atoms with Gasteiger partial charge in [0.2, 0.25) is 0 Å². The Morgan fingerprint density at radius 2 is 2.05 bits per heavy atom. The Bertz CT molecular complexity index is 662. The summed E-state index contributed by atoms with van der Waals surface area (Å²) in [6.45, 7) is 0.874. The SMILES string of the molecule is NCCNc1c2c(nc3cc(C(F)(F)F)nn13)CCCC2. The minimum Gasteiger partial charge on any atom is -0.368 e. The van der Waals surface area contributed by atoms with Crippen LogP contribution in [0.2, 0.25) is 0 Å². The molecular formula is C13H16F3N5. The molecule has 8 heteroatoms. The fourth-order valence-corrected chi connectivity index (χ4v) is 2.66. The summed E-state index contributed by atoms with van der Waals surface area (Å²) in [5.41, 5.74) is 6.60. The van der Waals surface area contributed by atoms with E-state index in [2.05, 4.69) is 15.4 Å². The van der Waals surface area contributed by atoms with Crippen molar-refractivity contribution in [3.8, 4) is 0 Å². The number of anilines is 1. The standard InChI is InChI=1S/C13H16F3N5/c14-13(15,16)10-7-11-19-9-4-2-1-3-8(9)12(18-6-5-17)21(11)20-10/h7,18H,1-6,17H2. The molecule has 1 aliphatic carbocycles. The first-order valence-electron chi connectivity index (χ1n) is 6.93. The number of alkyl halides is 3. The van der Waals surface area contributed by atoms with E-state index in [1.54, 1.807) is 0 Å². The molecule has 5 nitrogen and oxygen atoms in total. The number of nitrogens with zero attached hydrogens (tertiary/aromatic N) is 3.